The monoisotopic (exact) mass is 222 g/mol. The van der Waals surface area contributed by atoms with Crippen molar-refractivity contribution < 1.29 is 4.39 Å². The topological polar surface area (TPSA) is 38.0 Å². The largest absolute Gasteiger partial charge is 0.384 e. The van der Waals surface area contributed by atoms with E-state index in [4.69, 9.17) is 5.73 Å². The molecule has 1 aromatic carbocycles. The summed E-state index contributed by atoms with van der Waals surface area (Å²) in [6.07, 6.45) is 3.69. The van der Waals surface area contributed by atoms with Crippen LogP contribution in [0.5, 0.6) is 0 Å². The fourth-order valence-corrected chi connectivity index (χ4v) is 2.17. The number of halogens is 1. The molecule has 1 aliphatic carbocycles. The van der Waals surface area contributed by atoms with E-state index in [1.807, 2.05) is 6.07 Å². The van der Waals surface area contributed by atoms with E-state index in [1.165, 1.54) is 25.3 Å². The number of nitrogens with one attached hydrogen (secondary N) is 1. The first kappa shape index (κ1) is 11.4. The summed E-state index contributed by atoms with van der Waals surface area (Å²) >= 11 is 0. The average molecular weight is 222 g/mol. The van der Waals surface area contributed by atoms with Crippen LogP contribution in [0.4, 0.5) is 10.1 Å². The van der Waals surface area contributed by atoms with Gasteiger partial charge in [-0.15, -0.1) is 0 Å². The highest BCUT2D eigenvalue weighted by atomic mass is 19.1. The Hall–Kier alpha value is -1.09. The summed E-state index contributed by atoms with van der Waals surface area (Å²) in [4.78, 5) is 0. The van der Waals surface area contributed by atoms with E-state index < -0.39 is 0 Å². The molecule has 2 rings (SSSR count). The molecule has 0 saturated heterocycles. The maximum atomic E-state index is 13.1. The molecule has 0 bridgehead atoms. The summed E-state index contributed by atoms with van der Waals surface area (Å²) in [5.41, 5.74) is 7.73. The highest BCUT2D eigenvalue weighted by Gasteiger charge is 2.35. The number of hydrogen-bond donors (Lipinski definition) is 2. The van der Waals surface area contributed by atoms with Crippen LogP contribution in [0.3, 0.4) is 0 Å². The summed E-state index contributed by atoms with van der Waals surface area (Å²) in [5.74, 6) is -0.150. The van der Waals surface area contributed by atoms with E-state index in [-0.39, 0.29) is 11.2 Å². The molecule has 1 aromatic rings. The van der Waals surface area contributed by atoms with Crippen LogP contribution in [0, 0.1) is 18.2 Å². The van der Waals surface area contributed by atoms with Crippen molar-refractivity contribution in [2.45, 2.75) is 26.2 Å². The molecule has 1 aliphatic rings. The molecule has 0 unspecified atom stereocenters. The number of anilines is 1. The maximum Gasteiger partial charge on any atom is 0.126 e. The fraction of sp³-hybridized carbons (Fsp3) is 0.538. The number of hydrogen-bond acceptors (Lipinski definition) is 2. The molecular weight excluding hydrogens is 203 g/mol. The van der Waals surface area contributed by atoms with Gasteiger partial charge in [-0.3, -0.25) is 0 Å². The summed E-state index contributed by atoms with van der Waals surface area (Å²) in [7, 11) is 0. The van der Waals surface area contributed by atoms with Gasteiger partial charge in [0.25, 0.3) is 0 Å². The van der Waals surface area contributed by atoms with Crippen LogP contribution in [-0.2, 0) is 0 Å². The van der Waals surface area contributed by atoms with Gasteiger partial charge in [0, 0.05) is 12.2 Å². The number of rotatable bonds is 4. The van der Waals surface area contributed by atoms with Gasteiger partial charge in [-0.1, -0.05) is 6.42 Å². The van der Waals surface area contributed by atoms with Crippen LogP contribution in [-0.4, -0.2) is 13.1 Å². The number of nitrogens with two attached hydrogens (primary N) is 1. The Bertz CT molecular complexity index is 367. The molecule has 1 fully saturated rings. The molecule has 0 heterocycles. The van der Waals surface area contributed by atoms with Crippen molar-refractivity contribution in [3.05, 3.63) is 29.6 Å². The Balaban J connectivity index is 1.96. The highest BCUT2D eigenvalue weighted by Crippen LogP contribution is 2.39. The normalized spacial score (nSPS) is 17.9. The number of benzene rings is 1. The summed E-state index contributed by atoms with van der Waals surface area (Å²) in [6, 6.07) is 5.14. The van der Waals surface area contributed by atoms with Gasteiger partial charge in [-0.05, 0) is 55.5 Å². The predicted molar refractivity (Wildman–Crippen MR) is 65.0 cm³/mol. The molecule has 0 aromatic heterocycles. The fourth-order valence-electron chi connectivity index (χ4n) is 2.17. The minimum Gasteiger partial charge on any atom is -0.384 e. The van der Waals surface area contributed by atoms with E-state index in [0.29, 0.717) is 5.56 Å². The Morgan fingerprint density at radius 1 is 1.44 bits per heavy atom. The van der Waals surface area contributed by atoms with E-state index >= 15 is 0 Å². The standard InChI is InChI=1S/C13H19FN2/c1-10-7-11(3-4-12(10)14)16-9-13(8-15)5-2-6-13/h3-4,7,16H,2,5-6,8-9,15H2,1H3. The lowest BCUT2D eigenvalue weighted by molar-refractivity contribution is 0.163. The van der Waals surface area contributed by atoms with Crippen molar-refractivity contribution in [1.82, 2.24) is 0 Å². The van der Waals surface area contributed by atoms with Crippen molar-refractivity contribution in [3.63, 3.8) is 0 Å². The zero-order chi connectivity index (χ0) is 11.6. The van der Waals surface area contributed by atoms with Crippen LogP contribution in [0.2, 0.25) is 0 Å². The second kappa shape index (κ2) is 4.42. The third-order valence-corrected chi connectivity index (χ3v) is 3.67. The van der Waals surface area contributed by atoms with Gasteiger partial charge in [0.05, 0.1) is 0 Å². The van der Waals surface area contributed by atoms with Crippen molar-refractivity contribution in [2.24, 2.45) is 11.1 Å². The van der Waals surface area contributed by atoms with Gasteiger partial charge in [0.2, 0.25) is 0 Å². The minimum absolute atomic E-state index is 0.150. The van der Waals surface area contributed by atoms with Crippen molar-refractivity contribution in [3.8, 4) is 0 Å². The molecule has 3 N–H and O–H groups in total. The Morgan fingerprint density at radius 2 is 2.19 bits per heavy atom. The van der Waals surface area contributed by atoms with Gasteiger partial charge in [0.15, 0.2) is 0 Å². The second-order valence-electron chi connectivity index (χ2n) is 4.88. The van der Waals surface area contributed by atoms with Gasteiger partial charge in [0.1, 0.15) is 5.82 Å². The van der Waals surface area contributed by atoms with Crippen LogP contribution < -0.4 is 11.1 Å². The molecule has 3 heteroatoms. The lowest BCUT2D eigenvalue weighted by atomic mass is 9.69. The molecular formula is C13H19FN2. The molecule has 1 saturated carbocycles. The van der Waals surface area contributed by atoms with Crippen LogP contribution in [0.25, 0.3) is 0 Å². The van der Waals surface area contributed by atoms with Crippen LogP contribution in [0.1, 0.15) is 24.8 Å². The molecule has 88 valence electrons. The zero-order valence-electron chi connectivity index (χ0n) is 9.72. The number of aryl methyl sites for hydroxylation is 1. The summed E-state index contributed by atoms with van der Waals surface area (Å²) < 4.78 is 13.1. The lowest BCUT2D eigenvalue weighted by Crippen LogP contribution is -2.42. The van der Waals surface area contributed by atoms with Crippen molar-refractivity contribution in [2.75, 3.05) is 18.4 Å². The van der Waals surface area contributed by atoms with Crippen LogP contribution in [0.15, 0.2) is 18.2 Å². The van der Waals surface area contributed by atoms with Crippen molar-refractivity contribution in [1.29, 1.82) is 0 Å². The maximum absolute atomic E-state index is 13.1. The smallest absolute Gasteiger partial charge is 0.126 e. The SMILES string of the molecule is Cc1cc(NCC2(CN)CCC2)ccc1F. The van der Waals surface area contributed by atoms with Gasteiger partial charge < -0.3 is 11.1 Å². The molecule has 0 spiro atoms. The first-order chi connectivity index (χ1) is 7.65. The van der Waals surface area contributed by atoms with Gasteiger partial charge in [-0.2, -0.15) is 0 Å². The van der Waals surface area contributed by atoms with E-state index in [0.717, 1.165) is 18.8 Å². The molecule has 0 aliphatic heterocycles. The minimum atomic E-state index is -0.150. The summed E-state index contributed by atoms with van der Waals surface area (Å²) in [6.45, 7) is 3.41. The third kappa shape index (κ3) is 2.19. The first-order valence-corrected chi connectivity index (χ1v) is 5.85. The van der Waals surface area contributed by atoms with E-state index in [2.05, 4.69) is 5.32 Å². The molecule has 0 amide bonds. The molecule has 16 heavy (non-hydrogen) atoms. The van der Waals surface area contributed by atoms with Crippen molar-refractivity contribution >= 4 is 5.69 Å². The molecule has 0 atom stereocenters. The average Bonchev–Trinajstić information content (AvgIpc) is 2.22. The highest BCUT2D eigenvalue weighted by molar-refractivity contribution is 5.46. The predicted octanol–water partition coefficient (Wildman–Crippen LogP) is 2.68. The van der Waals surface area contributed by atoms with E-state index in [9.17, 15) is 4.39 Å². The van der Waals surface area contributed by atoms with Gasteiger partial charge >= 0.3 is 0 Å². The quantitative estimate of drug-likeness (QED) is 0.822. The Morgan fingerprint density at radius 3 is 2.69 bits per heavy atom. The Kier molecular flexibility index (Phi) is 3.15. The second-order valence-corrected chi connectivity index (χ2v) is 4.88. The third-order valence-electron chi connectivity index (χ3n) is 3.67. The van der Waals surface area contributed by atoms with E-state index in [1.54, 1.807) is 13.0 Å². The Labute approximate surface area is 96.0 Å². The molecule has 2 nitrogen and oxygen atoms in total. The lowest BCUT2D eigenvalue weighted by Gasteiger charge is -2.41. The first-order valence-electron chi connectivity index (χ1n) is 5.85. The zero-order valence-corrected chi connectivity index (χ0v) is 9.72. The van der Waals surface area contributed by atoms with Crippen LogP contribution >= 0.6 is 0 Å². The molecule has 0 radical (unpaired) electrons. The van der Waals surface area contributed by atoms with Gasteiger partial charge in [-0.25, -0.2) is 4.39 Å². The summed E-state index contributed by atoms with van der Waals surface area (Å²) in [5, 5.41) is 3.36.